The maximum atomic E-state index is 14.4. The van der Waals surface area contributed by atoms with Gasteiger partial charge in [-0.2, -0.15) is 5.10 Å². The van der Waals surface area contributed by atoms with Crippen molar-refractivity contribution in [1.29, 1.82) is 0 Å². The van der Waals surface area contributed by atoms with Crippen LogP contribution in [0.15, 0.2) is 72.9 Å². The lowest BCUT2D eigenvalue weighted by molar-refractivity contribution is 0.174. The highest BCUT2D eigenvalue weighted by molar-refractivity contribution is 5.76. The average molecular weight is 488 g/mol. The van der Waals surface area contributed by atoms with Gasteiger partial charge in [0, 0.05) is 32.0 Å². The zero-order chi connectivity index (χ0) is 25.1. The molecule has 5 rings (SSSR count). The number of hydrogen-bond acceptors (Lipinski definition) is 3. The van der Waals surface area contributed by atoms with Crippen LogP contribution in [0, 0.1) is 5.82 Å². The smallest absolute Gasteiger partial charge is 0.318 e. The molecule has 2 aromatic carbocycles. The number of fused-ring (bicyclic) bond motifs is 3. The Morgan fingerprint density at radius 2 is 1.97 bits per heavy atom. The number of nitrogens with zero attached hydrogens (tertiary/aromatic N) is 4. The van der Waals surface area contributed by atoms with Gasteiger partial charge in [-0.25, -0.2) is 13.9 Å². The van der Waals surface area contributed by atoms with Gasteiger partial charge >= 0.3 is 6.03 Å². The van der Waals surface area contributed by atoms with Crippen LogP contribution in [0.4, 0.5) is 9.18 Å². The molecule has 1 aliphatic heterocycles. The number of rotatable bonds is 7. The van der Waals surface area contributed by atoms with Crippen LogP contribution in [-0.2, 0) is 17.7 Å². The van der Waals surface area contributed by atoms with E-state index in [1.165, 1.54) is 12.1 Å². The molecule has 7 nitrogen and oxygen atoms in total. The van der Waals surface area contributed by atoms with Gasteiger partial charge in [-0.1, -0.05) is 37.3 Å². The lowest BCUT2D eigenvalue weighted by atomic mass is 10.0. The summed E-state index contributed by atoms with van der Waals surface area (Å²) in [7, 11) is 1.64. The topological polar surface area (TPSA) is 64.3 Å². The molecule has 8 heteroatoms. The Morgan fingerprint density at radius 1 is 1.14 bits per heavy atom. The normalized spacial score (nSPS) is 14.8. The van der Waals surface area contributed by atoms with Crippen molar-refractivity contribution in [3.05, 3.63) is 101 Å². The largest absolute Gasteiger partial charge is 0.385 e. The van der Waals surface area contributed by atoms with Crippen molar-refractivity contribution in [3.63, 3.8) is 0 Å². The van der Waals surface area contributed by atoms with Crippen molar-refractivity contribution in [2.45, 2.75) is 32.4 Å². The Bertz CT molecular complexity index is 1350. The molecule has 0 spiro atoms. The number of methoxy groups -OCH3 is 1. The fraction of sp³-hybridized carbons (Fsp3) is 0.286. The minimum atomic E-state index is -0.487. The molecule has 1 atom stereocenters. The van der Waals surface area contributed by atoms with E-state index >= 15 is 0 Å². The fourth-order valence-electron chi connectivity index (χ4n) is 4.89. The van der Waals surface area contributed by atoms with Gasteiger partial charge in [0.2, 0.25) is 0 Å². The molecule has 1 unspecified atom stereocenters. The third-order valence-electron chi connectivity index (χ3n) is 6.53. The number of hydrogen-bond donors (Lipinski definition) is 1. The molecule has 4 aromatic rings. The summed E-state index contributed by atoms with van der Waals surface area (Å²) in [6, 6.07) is 19.7. The Hall–Kier alpha value is -3.91. The van der Waals surface area contributed by atoms with Crippen LogP contribution >= 0.6 is 0 Å². The summed E-state index contributed by atoms with van der Waals surface area (Å²) in [5, 5.41) is 7.99. The number of carbonyl (C=O) groups excluding carboxylic acids is 1. The van der Waals surface area contributed by atoms with Crippen LogP contribution in [-0.4, -0.2) is 45.5 Å². The summed E-state index contributed by atoms with van der Waals surface area (Å²) in [5.74, 6) is 0.562. The first-order valence-corrected chi connectivity index (χ1v) is 12.2. The van der Waals surface area contributed by atoms with E-state index in [2.05, 4.69) is 16.8 Å². The van der Waals surface area contributed by atoms with Gasteiger partial charge in [-0.05, 0) is 54.8 Å². The Morgan fingerprint density at radius 3 is 2.72 bits per heavy atom. The summed E-state index contributed by atoms with van der Waals surface area (Å²) < 4.78 is 23.6. The number of para-hydroxylation sites is 1. The second kappa shape index (κ2) is 10.4. The summed E-state index contributed by atoms with van der Waals surface area (Å²) in [6.07, 6.45) is 3.40. The average Bonchev–Trinajstić information content (AvgIpc) is 3.48. The highest BCUT2D eigenvalue weighted by atomic mass is 19.1. The highest BCUT2D eigenvalue weighted by Gasteiger charge is 2.36. The van der Waals surface area contributed by atoms with Gasteiger partial charge in [0.25, 0.3) is 0 Å². The number of ether oxygens (including phenoxy) is 1. The Kier molecular flexibility index (Phi) is 6.86. The van der Waals surface area contributed by atoms with Crippen LogP contribution in [0.2, 0.25) is 0 Å². The number of nitrogens with one attached hydrogen (secondary N) is 1. The van der Waals surface area contributed by atoms with E-state index < -0.39 is 6.04 Å². The maximum absolute atomic E-state index is 14.4. The molecule has 2 aromatic heterocycles. The molecule has 0 fully saturated rings. The minimum absolute atomic E-state index is 0.213. The van der Waals surface area contributed by atoms with Crippen molar-refractivity contribution in [1.82, 2.24) is 24.6 Å². The fourth-order valence-corrected chi connectivity index (χ4v) is 4.89. The van der Waals surface area contributed by atoms with E-state index in [-0.39, 0.29) is 11.8 Å². The molecule has 0 saturated heterocycles. The van der Waals surface area contributed by atoms with E-state index in [0.717, 1.165) is 28.5 Å². The monoisotopic (exact) mass is 487 g/mol. The quantitative estimate of drug-likeness (QED) is 0.373. The second-order valence-electron chi connectivity index (χ2n) is 8.82. The lowest BCUT2D eigenvalue weighted by Crippen LogP contribution is -2.42. The number of aryl methyl sites for hydroxylation is 1. The standard InChI is InChI=1S/C28H30FN5O2/c1-3-24-23-19-33(28(35)30-15-9-17-36-2)26(20-10-7-11-21(29)18-20)25-14-8-16-32(25)27(23)34(31-24)22-12-5-4-6-13-22/h4-8,10-14,16,18,26H,3,9,15,17,19H2,1-2H3,(H,30,35). The van der Waals surface area contributed by atoms with E-state index in [4.69, 9.17) is 9.84 Å². The predicted molar refractivity (Wildman–Crippen MR) is 136 cm³/mol. The molecule has 186 valence electrons. The number of halogens is 1. The zero-order valence-electron chi connectivity index (χ0n) is 20.5. The molecule has 0 bridgehead atoms. The van der Waals surface area contributed by atoms with Crippen molar-refractivity contribution in [2.75, 3.05) is 20.3 Å². The van der Waals surface area contributed by atoms with Crippen LogP contribution in [0.1, 0.15) is 41.9 Å². The molecule has 1 aliphatic rings. The van der Waals surface area contributed by atoms with Gasteiger partial charge in [0.05, 0.1) is 29.7 Å². The Balaban J connectivity index is 1.68. The summed E-state index contributed by atoms with van der Waals surface area (Å²) in [5.41, 5.74) is 4.42. The van der Waals surface area contributed by atoms with Crippen LogP contribution in [0.5, 0.6) is 0 Å². The Labute approximate surface area is 210 Å². The molecular formula is C28H30FN5O2. The molecule has 36 heavy (non-hydrogen) atoms. The van der Waals surface area contributed by atoms with E-state index in [0.29, 0.717) is 38.1 Å². The number of carbonyl (C=O) groups is 1. The van der Waals surface area contributed by atoms with Gasteiger partial charge < -0.3 is 19.5 Å². The third kappa shape index (κ3) is 4.40. The molecule has 0 radical (unpaired) electrons. The first kappa shape index (κ1) is 23.8. The lowest BCUT2D eigenvalue weighted by Gasteiger charge is -2.31. The van der Waals surface area contributed by atoms with Crippen LogP contribution in [0.3, 0.4) is 0 Å². The van der Waals surface area contributed by atoms with Gasteiger partial charge in [-0.3, -0.25) is 0 Å². The van der Waals surface area contributed by atoms with E-state index in [1.54, 1.807) is 18.1 Å². The van der Waals surface area contributed by atoms with Crippen molar-refractivity contribution < 1.29 is 13.9 Å². The summed E-state index contributed by atoms with van der Waals surface area (Å²) >= 11 is 0. The predicted octanol–water partition coefficient (Wildman–Crippen LogP) is 5.02. The second-order valence-corrected chi connectivity index (χ2v) is 8.82. The number of benzene rings is 2. The van der Waals surface area contributed by atoms with E-state index in [1.807, 2.05) is 59.4 Å². The van der Waals surface area contributed by atoms with E-state index in [9.17, 15) is 9.18 Å². The van der Waals surface area contributed by atoms with Gasteiger partial charge in [0.15, 0.2) is 0 Å². The van der Waals surface area contributed by atoms with Crippen molar-refractivity contribution in [3.8, 4) is 11.5 Å². The molecule has 0 aliphatic carbocycles. The number of urea groups is 1. The SMILES string of the molecule is CCc1nn(-c2ccccc2)c2c1CN(C(=O)NCCCOC)C(c1cccc(F)c1)c1cccn1-2. The van der Waals surface area contributed by atoms with Crippen LogP contribution < -0.4 is 5.32 Å². The maximum Gasteiger partial charge on any atom is 0.318 e. The summed E-state index contributed by atoms with van der Waals surface area (Å²) in [4.78, 5) is 15.4. The zero-order valence-corrected chi connectivity index (χ0v) is 20.5. The summed E-state index contributed by atoms with van der Waals surface area (Å²) in [6.45, 7) is 3.45. The van der Waals surface area contributed by atoms with Crippen molar-refractivity contribution in [2.24, 2.45) is 0 Å². The highest BCUT2D eigenvalue weighted by Crippen LogP contribution is 2.38. The number of aromatic nitrogens is 3. The van der Waals surface area contributed by atoms with Crippen LogP contribution in [0.25, 0.3) is 11.5 Å². The third-order valence-corrected chi connectivity index (χ3v) is 6.53. The molecular weight excluding hydrogens is 457 g/mol. The molecule has 2 amide bonds. The molecule has 0 saturated carbocycles. The number of amides is 2. The van der Waals surface area contributed by atoms with Gasteiger partial charge in [0.1, 0.15) is 11.6 Å². The molecule has 1 N–H and O–H groups in total. The minimum Gasteiger partial charge on any atom is -0.385 e. The first-order chi connectivity index (χ1) is 17.6. The van der Waals surface area contributed by atoms with Crippen molar-refractivity contribution >= 4 is 6.03 Å². The molecule has 3 heterocycles. The first-order valence-electron chi connectivity index (χ1n) is 12.2. The van der Waals surface area contributed by atoms with Gasteiger partial charge in [-0.15, -0.1) is 0 Å².